The number of Topliss-reactive ketones (excluding diaryl/α,β-unsaturated/α-hetero) is 1. The number of ether oxygens (including phenoxy) is 2. The van der Waals surface area contributed by atoms with Crippen molar-refractivity contribution in [2.75, 3.05) is 13.2 Å². The quantitative estimate of drug-likeness (QED) is 0.727. The molecule has 0 saturated carbocycles. The Morgan fingerprint density at radius 3 is 2.57 bits per heavy atom. The molecule has 0 unspecified atom stereocenters. The third-order valence-corrected chi connectivity index (χ3v) is 5.44. The Morgan fingerprint density at radius 2 is 1.95 bits per heavy atom. The minimum atomic E-state index is -0.249. The summed E-state index contributed by atoms with van der Waals surface area (Å²) in [6.07, 6.45) is 0.281. The van der Waals surface area contributed by atoms with E-state index in [1.807, 2.05) is 37.3 Å². The summed E-state index contributed by atoms with van der Waals surface area (Å²) >= 11 is 5.24. The zero-order valence-electron chi connectivity index (χ0n) is 11.6. The maximum absolute atomic E-state index is 11.7. The highest BCUT2D eigenvalue weighted by Gasteiger charge is 2.22. The molecule has 1 aromatic carbocycles. The van der Waals surface area contributed by atoms with Crippen molar-refractivity contribution in [3.05, 3.63) is 45.2 Å². The highest BCUT2D eigenvalue weighted by molar-refractivity contribution is 9.10. The Kier molecular flexibility index (Phi) is 4.54. The molecule has 1 aliphatic rings. The van der Waals surface area contributed by atoms with Crippen LogP contribution in [-0.4, -0.2) is 19.0 Å². The number of rotatable bonds is 4. The molecule has 0 radical (unpaired) electrons. The summed E-state index contributed by atoms with van der Waals surface area (Å²) in [5.41, 5.74) is 1.85. The van der Waals surface area contributed by atoms with E-state index in [9.17, 15) is 4.79 Å². The van der Waals surface area contributed by atoms with E-state index >= 15 is 0 Å². The van der Waals surface area contributed by atoms with Gasteiger partial charge in [0.2, 0.25) is 0 Å². The zero-order valence-corrected chi connectivity index (χ0v) is 14.0. The molecular weight excluding hydrogens is 352 g/mol. The fraction of sp³-hybridized carbons (Fsp3) is 0.312. The summed E-state index contributed by atoms with van der Waals surface area (Å²) in [5, 5.41) is 0. The molecule has 1 aromatic heterocycles. The molecule has 2 aromatic rings. The van der Waals surface area contributed by atoms with Crippen molar-refractivity contribution in [3.63, 3.8) is 0 Å². The predicted molar refractivity (Wildman–Crippen MR) is 86.7 cm³/mol. The monoisotopic (exact) mass is 366 g/mol. The van der Waals surface area contributed by atoms with Gasteiger partial charge in [0.05, 0.1) is 18.1 Å². The maximum atomic E-state index is 11.7. The van der Waals surface area contributed by atoms with Crippen LogP contribution < -0.4 is 0 Å². The van der Waals surface area contributed by atoms with Gasteiger partial charge in [-0.3, -0.25) is 4.79 Å². The number of benzene rings is 1. The van der Waals surface area contributed by atoms with Gasteiger partial charge in [0, 0.05) is 21.3 Å². The molecule has 0 amide bonds. The summed E-state index contributed by atoms with van der Waals surface area (Å²) in [5.74, 6) is 0.167. The van der Waals surface area contributed by atoms with Crippen LogP contribution in [-0.2, 0) is 9.47 Å². The van der Waals surface area contributed by atoms with Gasteiger partial charge in [-0.1, -0.05) is 31.2 Å². The summed E-state index contributed by atoms with van der Waals surface area (Å²) in [4.78, 5) is 13.8. The van der Waals surface area contributed by atoms with Gasteiger partial charge in [-0.25, -0.2) is 0 Å². The average molecular weight is 367 g/mol. The number of ketones is 1. The van der Waals surface area contributed by atoms with Crippen LogP contribution in [0.4, 0.5) is 0 Å². The number of carbonyl (C=O) groups is 1. The molecule has 0 spiro atoms. The second kappa shape index (κ2) is 6.40. The Balaban J connectivity index is 1.87. The third kappa shape index (κ3) is 3.11. The van der Waals surface area contributed by atoms with Gasteiger partial charge in [-0.05, 0) is 27.6 Å². The van der Waals surface area contributed by atoms with Crippen LogP contribution in [0.25, 0.3) is 10.4 Å². The first-order chi connectivity index (χ1) is 10.2. The van der Waals surface area contributed by atoms with Gasteiger partial charge in [0.15, 0.2) is 12.1 Å². The van der Waals surface area contributed by atoms with E-state index in [0.717, 1.165) is 25.4 Å². The number of hydrogen-bond donors (Lipinski definition) is 0. The lowest BCUT2D eigenvalue weighted by Crippen LogP contribution is -1.95. The minimum Gasteiger partial charge on any atom is -0.345 e. The van der Waals surface area contributed by atoms with Crippen molar-refractivity contribution < 1.29 is 14.3 Å². The number of thiophene rings is 1. The Bertz CT molecular complexity index is 642. The van der Waals surface area contributed by atoms with Crippen molar-refractivity contribution in [1.29, 1.82) is 0 Å². The molecule has 0 bridgehead atoms. The topological polar surface area (TPSA) is 35.5 Å². The third-order valence-electron chi connectivity index (χ3n) is 3.35. The highest BCUT2D eigenvalue weighted by Crippen LogP contribution is 2.40. The van der Waals surface area contributed by atoms with E-state index in [-0.39, 0.29) is 12.1 Å². The summed E-state index contributed by atoms with van der Waals surface area (Å²) < 4.78 is 12.1. The molecule has 1 saturated heterocycles. The van der Waals surface area contributed by atoms with Crippen LogP contribution in [0.5, 0.6) is 0 Å². The van der Waals surface area contributed by atoms with Crippen molar-refractivity contribution in [2.24, 2.45) is 0 Å². The van der Waals surface area contributed by atoms with Crippen LogP contribution in [0.1, 0.15) is 34.9 Å². The van der Waals surface area contributed by atoms with Crippen molar-refractivity contribution in [2.45, 2.75) is 19.6 Å². The van der Waals surface area contributed by atoms with Crippen LogP contribution in [0, 0.1) is 0 Å². The molecule has 2 heterocycles. The van der Waals surface area contributed by atoms with Crippen molar-refractivity contribution >= 4 is 33.0 Å². The van der Waals surface area contributed by atoms with Gasteiger partial charge in [0.1, 0.15) is 0 Å². The second-order valence-electron chi connectivity index (χ2n) is 4.75. The van der Waals surface area contributed by atoms with E-state index in [2.05, 4.69) is 15.9 Å². The Hall–Kier alpha value is -1.01. The smallest absolute Gasteiger partial charge is 0.193 e. The first-order valence-electron chi connectivity index (χ1n) is 6.85. The SMILES string of the molecule is CCC(=O)c1ccc(-c2sc(C3OCCO3)cc2Br)cc1. The van der Waals surface area contributed by atoms with Gasteiger partial charge in [0.25, 0.3) is 0 Å². The van der Waals surface area contributed by atoms with Crippen LogP contribution in [0.15, 0.2) is 34.8 Å². The summed E-state index contributed by atoms with van der Waals surface area (Å²) in [6, 6.07) is 9.78. The van der Waals surface area contributed by atoms with Gasteiger partial charge in [-0.2, -0.15) is 0 Å². The number of hydrogen-bond acceptors (Lipinski definition) is 4. The Morgan fingerprint density at radius 1 is 1.29 bits per heavy atom. The summed E-state index contributed by atoms with van der Waals surface area (Å²) in [6.45, 7) is 3.16. The molecule has 0 N–H and O–H groups in total. The first kappa shape index (κ1) is 14.9. The van der Waals surface area contributed by atoms with Gasteiger partial charge in [-0.15, -0.1) is 11.3 Å². The van der Waals surface area contributed by atoms with Gasteiger partial charge >= 0.3 is 0 Å². The van der Waals surface area contributed by atoms with Crippen LogP contribution in [0.3, 0.4) is 0 Å². The van der Waals surface area contributed by atoms with E-state index in [4.69, 9.17) is 9.47 Å². The lowest BCUT2D eigenvalue weighted by molar-refractivity contribution is -0.0413. The standard InChI is InChI=1S/C16H15BrO3S/c1-2-13(18)10-3-5-11(6-4-10)15-12(17)9-14(21-15)16-19-7-8-20-16/h3-6,9,16H,2,7-8H2,1H3. The average Bonchev–Trinajstić information content (AvgIpc) is 3.16. The second-order valence-corrected chi connectivity index (χ2v) is 6.69. The Labute approximate surface area is 136 Å². The lowest BCUT2D eigenvalue weighted by Gasteiger charge is -2.05. The van der Waals surface area contributed by atoms with E-state index < -0.39 is 0 Å². The minimum absolute atomic E-state index is 0.167. The lowest BCUT2D eigenvalue weighted by atomic mass is 10.1. The molecule has 0 atom stereocenters. The molecular formula is C16H15BrO3S. The van der Waals surface area contributed by atoms with E-state index in [1.54, 1.807) is 11.3 Å². The van der Waals surface area contributed by atoms with Crippen molar-refractivity contribution in [3.8, 4) is 10.4 Å². The van der Waals surface area contributed by atoms with E-state index in [1.165, 1.54) is 0 Å². The normalized spacial score (nSPS) is 15.5. The van der Waals surface area contributed by atoms with Crippen molar-refractivity contribution in [1.82, 2.24) is 0 Å². The molecule has 1 aliphatic heterocycles. The molecule has 110 valence electrons. The molecule has 5 heteroatoms. The molecule has 21 heavy (non-hydrogen) atoms. The first-order valence-corrected chi connectivity index (χ1v) is 8.46. The molecule has 3 nitrogen and oxygen atoms in total. The largest absolute Gasteiger partial charge is 0.345 e. The van der Waals surface area contributed by atoms with Gasteiger partial charge < -0.3 is 9.47 Å². The fourth-order valence-electron chi connectivity index (χ4n) is 2.23. The predicted octanol–water partition coefficient (Wildman–Crippen LogP) is 4.82. The van der Waals surface area contributed by atoms with Crippen LogP contribution >= 0.6 is 27.3 Å². The number of halogens is 1. The zero-order chi connectivity index (χ0) is 14.8. The summed E-state index contributed by atoms with van der Waals surface area (Å²) in [7, 11) is 0. The molecule has 0 aliphatic carbocycles. The van der Waals surface area contributed by atoms with E-state index in [0.29, 0.717) is 19.6 Å². The fourth-order valence-corrected chi connectivity index (χ4v) is 4.16. The molecule has 3 rings (SSSR count). The highest BCUT2D eigenvalue weighted by atomic mass is 79.9. The van der Waals surface area contributed by atoms with Crippen LogP contribution in [0.2, 0.25) is 0 Å². The molecule has 1 fully saturated rings. The maximum Gasteiger partial charge on any atom is 0.193 e. The number of carbonyl (C=O) groups excluding carboxylic acids is 1.